The number of hydrogen-bond acceptors (Lipinski definition) is 4. The fraction of sp³-hybridized carbons (Fsp3) is 0.312. The number of fused-ring (bicyclic) bond motifs is 1. The van der Waals surface area contributed by atoms with Gasteiger partial charge in [-0.3, -0.25) is 9.89 Å². The highest BCUT2D eigenvalue weighted by Gasteiger charge is 2.12. The van der Waals surface area contributed by atoms with E-state index in [9.17, 15) is 4.79 Å². The molecule has 3 aromatic rings. The molecule has 2 aromatic heterocycles. The molecular formula is C16H18N4OS. The van der Waals surface area contributed by atoms with E-state index in [1.165, 1.54) is 0 Å². The number of nitrogens with zero attached hydrogens (tertiary/aromatic N) is 2. The zero-order valence-corrected chi connectivity index (χ0v) is 13.6. The maximum Gasteiger partial charge on any atom is 0.276 e. The van der Waals surface area contributed by atoms with Gasteiger partial charge in [0.05, 0.1) is 15.2 Å². The van der Waals surface area contributed by atoms with Crippen LogP contribution >= 0.6 is 11.3 Å². The second kappa shape index (κ2) is 5.88. The zero-order valence-electron chi connectivity index (χ0n) is 12.8. The van der Waals surface area contributed by atoms with E-state index in [0.717, 1.165) is 33.0 Å². The third-order valence-corrected chi connectivity index (χ3v) is 4.18. The van der Waals surface area contributed by atoms with Crippen LogP contribution in [0.5, 0.6) is 0 Å². The van der Waals surface area contributed by atoms with E-state index in [-0.39, 0.29) is 5.91 Å². The molecule has 2 N–H and O–H groups in total. The van der Waals surface area contributed by atoms with Gasteiger partial charge in [0.1, 0.15) is 0 Å². The topological polar surface area (TPSA) is 70.7 Å². The molecule has 0 aliphatic rings. The van der Waals surface area contributed by atoms with E-state index in [2.05, 4.69) is 34.3 Å². The minimum Gasteiger partial charge on any atom is -0.321 e. The van der Waals surface area contributed by atoms with Crippen LogP contribution in [-0.2, 0) is 6.42 Å². The number of nitrogens with one attached hydrogen (secondary N) is 2. The number of aryl methyl sites for hydroxylation is 1. The lowest BCUT2D eigenvalue weighted by Gasteiger charge is -2.02. The Morgan fingerprint density at radius 2 is 2.18 bits per heavy atom. The van der Waals surface area contributed by atoms with Gasteiger partial charge in [0.15, 0.2) is 5.69 Å². The summed E-state index contributed by atoms with van der Waals surface area (Å²) in [6.07, 6.45) is 0.881. The highest BCUT2D eigenvalue weighted by molar-refractivity contribution is 7.18. The highest BCUT2D eigenvalue weighted by Crippen LogP contribution is 2.25. The monoisotopic (exact) mass is 314 g/mol. The zero-order chi connectivity index (χ0) is 15.7. The molecule has 22 heavy (non-hydrogen) atoms. The Hall–Kier alpha value is -2.21. The van der Waals surface area contributed by atoms with Gasteiger partial charge in [0, 0.05) is 11.4 Å². The first-order valence-electron chi connectivity index (χ1n) is 7.24. The summed E-state index contributed by atoms with van der Waals surface area (Å²) in [5, 5.41) is 10.9. The lowest BCUT2D eigenvalue weighted by atomic mass is 10.1. The van der Waals surface area contributed by atoms with Crippen molar-refractivity contribution < 1.29 is 4.79 Å². The molecule has 0 aliphatic carbocycles. The quantitative estimate of drug-likeness (QED) is 0.770. The van der Waals surface area contributed by atoms with Gasteiger partial charge >= 0.3 is 0 Å². The molecule has 0 spiro atoms. The maximum atomic E-state index is 12.2. The highest BCUT2D eigenvalue weighted by atomic mass is 32.1. The molecule has 114 valence electrons. The lowest BCUT2D eigenvalue weighted by molar-refractivity contribution is 0.102. The fourth-order valence-corrected chi connectivity index (χ4v) is 3.20. The molecule has 0 atom stereocenters. The van der Waals surface area contributed by atoms with Crippen LogP contribution in [0.3, 0.4) is 0 Å². The second-order valence-electron chi connectivity index (χ2n) is 5.75. The van der Waals surface area contributed by atoms with Crippen molar-refractivity contribution in [2.75, 3.05) is 5.32 Å². The smallest absolute Gasteiger partial charge is 0.276 e. The molecule has 1 amide bonds. The number of hydrogen-bond donors (Lipinski definition) is 2. The number of aromatic amines is 1. The third-order valence-electron chi connectivity index (χ3n) is 3.24. The Morgan fingerprint density at radius 3 is 2.95 bits per heavy atom. The normalized spacial score (nSPS) is 11.3. The molecule has 0 unspecified atom stereocenters. The summed E-state index contributed by atoms with van der Waals surface area (Å²) in [4.78, 5) is 16.7. The number of carbonyl (C=O) groups is 1. The van der Waals surface area contributed by atoms with Gasteiger partial charge in [-0.1, -0.05) is 13.8 Å². The van der Waals surface area contributed by atoms with Gasteiger partial charge in [0.25, 0.3) is 5.91 Å². The van der Waals surface area contributed by atoms with E-state index >= 15 is 0 Å². The second-order valence-corrected chi connectivity index (χ2v) is 6.98. The summed E-state index contributed by atoms with van der Waals surface area (Å²) >= 11 is 1.62. The van der Waals surface area contributed by atoms with Crippen LogP contribution in [0.4, 0.5) is 5.69 Å². The molecule has 2 heterocycles. The number of amides is 1. The van der Waals surface area contributed by atoms with Gasteiger partial charge in [-0.2, -0.15) is 5.10 Å². The van der Waals surface area contributed by atoms with Crippen LogP contribution in [0.2, 0.25) is 0 Å². The van der Waals surface area contributed by atoms with Crippen molar-refractivity contribution in [2.45, 2.75) is 27.2 Å². The summed E-state index contributed by atoms with van der Waals surface area (Å²) in [5.74, 6) is 0.320. The van der Waals surface area contributed by atoms with Crippen LogP contribution in [0, 0.1) is 12.8 Å². The molecule has 0 radical (unpaired) electrons. The first-order chi connectivity index (χ1) is 10.5. The summed E-state index contributed by atoms with van der Waals surface area (Å²) < 4.78 is 1.07. The van der Waals surface area contributed by atoms with E-state index < -0.39 is 0 Å². The SMILES string of the molecule is Cc1nc2ccc(NC(=O)c3cc(CC(C)C)[nH]n3)cc2s1. The van der Waals surface area contributed by atoms with Crippen molar-refractivity contribution in [2.24, 2.45) is 5.92 Å². The largest absolute Gasteiger partial charge is 0.321 e. The number of anilines is 1. The predicted octanol–water partition coefficient (Wildman–Crippen LogP) is 3.78. The molecule has 0 saturated carbocycles. The summed E-state index contributed by atoms with van der Waals surface area (Å²) in [6.45, 7) is 6.24. The van der Waals surface area contributed by atoms with Crippen LogP contribution in [-0.4, -0.2) is 21.1 Å². The number of aromatic nitrogens is 3. The molecule has 6 heteroatoms. The van der Waals surface area contributed by atoms with Gasteiger partial charge in [-0.15, -0.1) is 11.3 Å². The molecule has 5 nitrogen and oxygen atoms in total. The Labute approximate surface area is 132 Å². The third kappa shape index (κ3) is 3.17. The molecule has 0 saturated heterocycles. The minimum atomic E-state index is -0.202. The van der Waals surface area contributed by atoms with Gasteiger partial charge in [0.2, 0.25) is 0 Å². The van der Waals surface area contributed by atoms with Crippen molar-refractivity contribution in [3.05, 3.63) is 40.7 Å². The standard InChI is InChI=1S/C16H18N4OS/c1-9(2)6-12-7-14(20-19-12)16(21)18-11-4-5-13-15(8-11)22-10(3)17-13/h4-5,7-9H,6H2,1-3H3,(H,18,21)(H,19,20). The van der Waals surface area contributed by atoms with Crippen molar-refractivity contribution >= 4 is 33.1 Å². The summed E-state index contributed by atoms with van der Waals surface area (Å²) in [6, 6.07) is 7.54. The van der Waals surface area contributed by atoms with E-state index in [4.69, 9.17) is 0 Å². The van der Waals surface area contributed by atoms with Crippen LogP contribution in [0.15, 0.2) is 24.3 Å². The van der Waals surface area contributed by atoms with Crippen molar-refractivity contribution in [3.63, 3.8) is 0 Å². The minimum absolute atomic E-state index is 0.202. The van der Waals surface area contributed by atoms with E-state index in [1.54, 1.807) is 11.3 Å². The Balaban J connectivity index is 1.75. The van der Waals surface area contributed by atoms with Gasteiger partial charge in [-0.25, -0.2) is 4.98 Å². The van der Waals surface area contributed by atoms with E-state index in [0.29, 0.717) is 11.6 Å². The van der Waals surface area contributed by atoms with Crippen LogP contribution in [0.1, 0.15) is 35.0 Å². The van der Waals surface area contributed by atoms with Crippen molar-refractivity contribution in [3.8, 4) is 0 Å². The Kier molecular flexibility index (Phi) is 3.94. The molecule has 1 aromatic carbocycles. The first-order valence-corrected chi connectivity index (χ1v) is 8.06. The van der Waals surface area contributed by atoms with Crippen molar-refractivity contribution in [1.82, 2.24) is 15.2 Å². The lowest BCUT2D eigenvalue weighted by Crippen LogP contribution is -2.12. The average molecular weight is 314 g/mol. The Morgan fingerprint density at radius 1 is 1.36 bits per heavy atom. The molecule has 0 aliphatic heterocycles. The summed E-state index contributed by atoms with van der Waals surface area (Å²) in [5.41, 5.74) is 3.11. The first kappa shape index (κ1) is 14.7. The average Bonchev–Trinajstić information content (AvgIpc) is 3.03. The number of thiazole rings is 1. The predicted molar refractivity (Wildman–Crippen MR) is 89.4 cm³/mol. The van der Waals surface area contributed by atoms with Gasteiger partial charge in [-0.05, 0) is 43.5 Å². The molecule has 3 rings (SSSR count). The number of rotatable bonds is 4. The van der Waals surface area contributed by atoms with Gasteiger partial charge < -0.3 is 5.32 Å². The van der Waals surface area contributed by atoms with E-state index in [1.807, 2.05) is 31.2 Å². The van der Waals surface area contributed by atoms with Crippen LogP contribution < -0.4 is 5.32 Å². The van der Waals surface area contributed by atoms with Crippen molar-refractivity contribution in [1.29, 1.82) is 0 Å². The number of benzene rings is 1. The summed E-state index contributed by atoms with van der Waals surface area (Å²) in [7, 11) is 0. The maximum absolute atomic E-state index is 12.2. The fourth-order valence-electron chi connectivity index (χ4n) is 2.34. The molecule has 0 bridgehead atoms. The Bertz CT molecular complexity index is 819. The number of carbonyl (C=O) groups excluding carboxylic acids is 1. The van der Waals surface area contributed by atoms with Crippen LogP contribution in [0.25, 0.3) is 10.2 Å². The molecular weight excluding hydrogens is 296 g/mol. The molecule has 0 fully saturated rings. The number of H-pyrrole nitrogens is 1.